The standard InChI is InChI=1S/C26H28FN5O4/c1-15-3-4-16-11-19(27)6-5-18(16)13-31(15)22(33)14-32-23(34)26(30-25(32)36)10-9-17-12-20(7-8-21(17)26)29-24(35)28-2/h5-8,11-12,15H,3-4,9-10,13-14H2,1-2H3,(H,30,36)(H2,28,29,35)/t15-,26?/m1/s1. The molecule has 6 amide bonds. The van der Waals surface area contributed by atoms with Crippen LogP contribution in [0.2, 0.25) is 0 Å². The van der Waals surface area contributed by atoms with Crippen molar-refractivity contribution < 1.29 is 23.6 Å². The van der Waals surface area contributed by atoms with Crippen molar-refractivity contribution in [1.82, 2.24) is 20.4 Å². The van der Waals surface area contributed by atoms with Crippen molar-refractivity contribution in [2.75, 3.05) is 18.9 Å². The van der Waals surface area contributed by atoms with Gasteiger partial charge in [-0.2, -0.15) is 0 Å². The van der Waals surface area contributed by atoms with Crippen LogP contribution < -0.4 is 16.0 Å². The lowest BCUT2D eigenvalue weighted by atomic mass is 9.91. The number of hydrogen-bond acceptors (Lipinski definition) is 4. The van der Waals surface area contributed by atoms with Gasteiger partial charge in [-0.3, -0.25) is 14.5 Å². The topological polar surface area (TPSA) is 111 Å². The zero-order chi connectivity index (χ0) is 25.6. The Morgan fingerprint density at radius 3 is 2.69 bits per heavy atom. The Bertz CT molecular complexity index is 1280. The van der Waals surface area contributed by atoms with Crippen LogP contribution >= 0.6 is 0 Å². The molecular formula is C26H28FN5O4. The zero-order valence-corrected chi connectivity index (χ0v) is 20.2. The van der Waals surface area contributed by atoms with Gasteiger partial charge in [-0.25, -0.2) is 14.0 Å². The van der Waals surface area contributed by atoms with Gasteiger partial charge in [0.05, 0.1) is 0 Å². The Morgan fingerprint density at radius 2 is 1.92 bits per heavy atom. The highest BCUT2D eigenvalue weighted by Crippen LogP contribution is 2.42. The van der Waals surface area contributed by atoms with E-state index in [1.165, 1.54) is 19.2 Å². The smallest absolute Gasteiger partial charge is 0.325 e. The van der Waals surface area contributed by atoms with Crippen LogP contribution in [0.5, 0.6) is 0 Å². The van der Waals surface area contributed by atoms with Gasteiger partial charge in [-0.1, -0.05) is 12.1 Å². The number of anilines is 1. The van der Waals surface area contributed by atoms with Crippen molar-refractivity contribution in [1.29, 1.82) is 0 Å². The first-order chi connectivity index (χ1) is 17.2. The molecular weight excluding hydrogens is 465 g/mol. The molecule has 2 heterocycles. The van der Waals surface area contributed by atoms with Crippen LogP contribution in [-0.2, 0) is 34.5 Å². The minimum Gasteiger partial charge on any atom is -0.341 e. The first kappa shape index (κ1) is 23.8. The lowest BCUT2D eigenvalue weighted by Crippen LogP contribution is -2.46. The maximum atomic E-state index is 13.7. The molecule has 3 aliphatic rings. The first-order valence-corrected chi connectivity index (χ1v) is 12.0. The molecule has 2 aliphatic heterocycles. The van der Waals surface area contributed by atoms with Crippen LogP contribution in [0.15, 0.2) is 36.4 Å². The quantitative estimate of drug-likeness (QED) is 0.571. The molecule has 188 valence electrons. The molecule has 36 heavy (non-hydrogen) atoms. The summed E-state index contributed by atoms with van der Waals surface area (Å²) in [6.07, 6.45) is 2.23. The van der Waals surface area contributed by atoms with Gasteiger partial charge in [0, 0.05) is 25.3 Å². The molecule has 0 bridgehead atoms. The second-order valence-electron chi connectivity index (χ2n) is 9.63. The van der Waals surface area contributed by atoms with Gasteiger partial charge in [0.15, 0.2) is 0 Å². The van der Waals surface area contributed by atoms with Gasteiger partial charge in [-0.15, -0.1) is 0 Å². The number of amides is 6. The molecule has 9 nitrogen and oxygen atoms in total. The van der Waals surface area contributed by atoms with Gasteiger partial charge < -0.3 is 20.9 Å². The summed E-state index contributed by atoms with van der Waals surface area (Å²) in [6, 6.07) is 8.72. The molecule has 1 aliphatic carbocycles. The highest BCUT2D eigenvalue weighted by molar-refractivity contribution is 6.10. The van der Waals surface area contributed by atoms with Gasteiger partial charge in [0.2, 0.25) is 5.91 Å². The monoisotopic (exact) mass is 493 g/mol. The lowest BCUT2D eigenvalue weighted by molar-refractivity contribution is -0.140. The van der Waals surface area contributed by atoms with E-state index in [1.807, 2.05) is 6.92 Å². The fourth-order valence-corrected chi connectivity index (χ4v) is 5.47. The van der Waals surface area contributed by atoms with E-state index in [-0.39, 0.29) is 30.3 Å². The summed E-state index contributed by atoms with van der Waals surface area (Å²) in [5.41, 5.74) is 2.65. The summed E-state index contributed by atoms with van der Waals surface area (Å²) in [5, 5.41) is 8.03. The molecule has 0 saturated carbocycles. The third-order valence-corrected chi connectivity index (χ3v) is 7.48. The van der Waals surface area contributed by atoms with E-state index >= 15 is 0 Å². The van der Waals surface area contributed by atoms with Crippen LogP contribution in [-0.4, -0.2) is 53.3 Å². The Labute approximate surface area is 208 Å². The summed E-state index contributed by atoms with van der Waals surface area (Å²) in [6.45, 7) is 1.86. The number of benzene rings is 2. The molecule has 3 N–H and O–H groups in total. The van der Waals surface area contributed by atoms with E-state index in [0.29, 0.717) is 43.5 Å². The molecule has 1 saturated heterocycles. The van der Waals surface area contributed by atoms with E-state index in [2.05, 4.69) is 16.0 Å². The van der Waals surface area contributed by atoms with Crippen molar-refractivity contribution in [3.8, 4) is 0 Å². The molecule has 2 atom stereocenters. The van der Waals surface area contributed by atoms with E-state index in [9.17, 15) is 23.6 Å². The maximum Gasteiger partial charge on any atom is 0.325 e. The van der Waals surface area contributed by atoms with Crippen LogP contribution in [0.3, 0.4) is 0 Å². The predicted octanol–water partition coefficient (Wildman–Crippen LogP) is 2.63. The molecule has 0 radical (unpaired) electrons. The average molecular weight is 494 g/mol. The highest BCUT2D eigenvalue weighted by atomic mass is 19.1. The van der Waals surface area contributed by atoms with Crippen molar-refractivity contribution in [2.24, 2.45) is 0 Å². The molecule has 10 heteroatoms. The van der Waals surface area contributed by atoms with Crippen LogP contribution in [0.4, 0.5) is 19.7 Å². The number of rotatable bonds is 3. The molecule has 1 fully saturated rings. The SMILES string of the molecule is CNC(=O)Nc1ccc2c(c1)CCC21NC(=O)N(CC(=O)N2Cc3ccc(F)cc3CC[C@H]2C)C1=O. The molecule has 2 aromatic rings. The number of fused-ring (bicyclic) bond motifs is 3. The highest BCUT2D eigenvalue weighted by Gasteiger charge is 2.55. The van der Waals surface area contributed by atoms with Gasteiger partial charge in [-0.05, 0) is 79.1 Å². The van der Waals surface area contributed by atoms with E-state index < -0.39 is 17.5 Å². The number of nitrogens with zero attached hydrogens (tertiary/aromatic N) is 2. The van der Waals surface area contributed by atoms with Crippen LogP contribution in [0.1, 0.15) is 42.0 Å². The first-order valence-electron chi connectivity index (χ1n) is 12.0. The van der Waals surface area contributed by atoms with Crippen molar-refractivity contribution in [3.63, 3.8) is 0 Å². The number of imide groups is 1. The molecule has 2 aromatic carbocycles. The number of carbonyl (C=O) groups is 4. The number of carbonyl (C=O) groups excluding carboxylic acids is 4. The Morgan fingerprint density at radius 1 is 1.11 bits per heavy atom. The van der Waals surface area contributed by atoms with E-state index in [0.717, 1.165) is 21.6 Å². The minimum absolute atomic E-state index is 0.124. The van der Waals surface area contributed by atoms with Crippen molar-refractivity contribution >= 4 is 29.6 Å². The third-order valence-electron chi connectivity index (χ3n) is 7.48. The Balaban J connectivity index is 1.34. The van der Waals surface area contributed by atoms with Gasteiger partial charge in [0.25, 0.3) is 5.91 Å². The van der Waals surface area contributed by atoms with Gasteiger partial charge in [0.1, 0.15) is 17.9 Å². The number of nitrogens with one attached hydrogen (secondary N) is 3. The molecule has 1 spiro atoms. The van der Waals surface area contributed by atoms with Gasteiger partial charge >= 0.3 is 12.1 Å². The Hall–Kier alpha value is -3.95. The van der Waals surface area contributed by atoms with Crippen molar-refractivity contribution in [2.45, 2.75) is 50.7 Å². The molecule has 0 aromatic heterocycles. The summed E-state index contributed by atoms with van der Waals surface area (Å²) in [7, 11) is 1.52. The fourth-order valence-electron chi connectivity index (χ4n) is 5.47. The van der Waals surface area contributed by atoms with E-state index in [1.54, 1.807) is 29.2 Å². The minimum atomic E-state index is -1.22. The number of halogens is 1. The summed E-state index contributed by atoms with van der Waals surface area (Å²) >= 11 is 0. The number of urea groups is 2. The third kappa shape index (κ3) is 3.96. The van der Waals surface area contributed by atoms with E-state index in [4.69, 9.17) is 0 Å². The predicted molar refractivity (Wildman–Crippen MR) is 129 cm³/mol. The van der Waals surface area contributed by atoms with Crippen molar-refractivity contribution in [3.05, 3.63) is 64.5 Å². The number of hydrogen-bond donors (Lipinski definition) is 3. The molecule has 5 rings (SSSR count). The van der Waals surface area contributed by atoms with Crippen LogP contribution in [0, 0.1) is 5.82 Å². The maximum absolute atomic E-state index is 13.7. The van der Waals surface area contributed by atoms with Crippen LogP contribution in [0.25, 0.3) is 0 Å². The zero-order valence-electron chi connectivity index (χ0n) is 20.2. The summed E-state index contributed by atoms with van der Waals surface area (Å²) in [4.78, 5) is 54.1. The normalized spacial score (nSPS) is 22.7. The molecule has 1 unspecified atom stereocenters. The number of aryl methyl sites for hydroxylation is 2. The lowest BCUT2D eigenvalue weighted by Gasteiger charge is -2.29. The Kier molecular flexibility index (Phi) is 5.89. The second-order valence-corrected chi connectivity index (χ2v) is 9.63. The second kappa shape index (κ2) is 8.92. The largest absolute Gasteiger partial charge is 0.341 e. The summed E-state index contributed by atoms with van der Waals surface area (Å²) < 4.78 is 13.7. The summed E-state index contributed by atoms with van der Waals surface area (Å²) in [5.74, 6) is -1.08. The fraction of sp³-hybridized carbons (Fsp3) is 0.385. The average Bonchev–Trinajstić information content (AvgIpc) is 3.26.